The van der Waals surface area contributed by atoms with Gasteiger partial charge in [0, 0.05) is 71.1 Å². The van der Waals surface area contributed by atoms with Crippen LogP contribution >= 0.6 is 56.7 Å². The second-order valence-corrected chi connectivity index (χ2v) is 32.4. The monoisotopic (exact) mass is 1500 g/mol. The van der Waals surface area contributed by atoms with E-state index < -0.39 is 5.92 Å². The lowest BCUT2D eigenvalue weighted by atomic mass is 9.94. The first-order chi connectivity index (χ1) is 51.0. The van der Waals surface area contributed by atoms with Crippen LogP contribution in [-0.4, -0.2) is 74.8 Å². The normalized spacial score (nSPS) is 13.2. The fourth-order valence-corrected chi connectivity index (χ4v) is 17.8. The second-order valence-electron chi connectivity index (χ2n) is 27.2. The molecular formula is C78H71F3N20S5. The van der Waals surface area contributed by atoms with Crippen LogP contribution in [0.15, 0.2) is 122 Å². The number of hydrogen-bond acceptors (Lipinski definition) is 25. The topological polar surface area (TPSA) is 323 Å². The highest BCUT2D eigenvalue weighted by Crippen LogP contribution is 2.45. The maximum absolute atomic E-state index is 13.9. The molecule has 0 amide bonds. The lowest BCUT2D eigenvalue weighted by molar-refractivity contribution is 0.0180. The molecule has 0 aliphatic heterocycles. The van der Waals surface area contributed by atoms with Crippen LogP contribution in [-0.2, 0) is 75.5 Å². The maximum Gasteiger partial charge on any atom is 0.271 e. The number of rotatable bonds is 5. The van der Waals surface area contributed by atoms with Gasteiger partial charge in [-0.25, -0.2) is 87.9 Å². The van der Waals surface area contributed by atoms with Gasteiger partial charge in [0.2, 0.25) is 0 Å². The van der Waals surface area contributed by atoms with Gasteiger partial charge < -0.3 is 28.7 Å². The average Bonchev–Trinajstić information content (AvgIpc) is 0.988. The van der Waals surface area contributed by atoms with Gasteiger partial charge in [0.1, 0.15) is 11.6 Å². The van der Waals surface area contributed by atoms with Crippen molar-refractivity contribution in [2.45, 2.75) is 124 Å². The molecule has 5 aliphatic carbocycles. The molecule has 10 aromatic heterocycles. The molecule has 4 aromatic carbocycles. The minimum Gasteiger partial charge on any atom is -0.375 e. The number of aryl methyl sites for hydroxylation is 12. The summed E-state index contributed by atoms with van der Waals surface area (Å²) in [4.78, 5) is 73.1. The second kappa shape index (κ2) is 28.9. The summed E-state index contributed by atoms with van der Waals surface area (Å²) >= 11 is 7.38. The third-order valence-corrected chi connectivity index (χ3v) is 23.4. The molecule has 19 rings (SSSR count). The zero-order chi connectivity index (χ0) is 73.9. The van der Waals surface area contributed by atoms with E-state index in [1.54, 1.807) is 37.4 Å². The first kappa shape index (κ1) is 70.9. The minimum absolute atomic E-state index is 0.0388. The summed E-state index contributed by atoms with van der Waals surface area (Å²) in [5.41, 5.74) is 50.6. The third-order valence-electron chi connectivity index (χ3n) is 18.7. The fourth-order valence-electron chi connectivity index (χ4n) is 13.3. The Morgan fingerprint density at radius 1 is 0.330 bits per heavy atom. The van der Waals surface area contributed by atoms with Gasteiger partial charge in [0.05, 0.1) is 81.3 Å². The molecule has 10 heterocycles. The van der Waals surface area contributed by atoms with E-state index >= 15 is 0 Å². The lowest BCUT2D eigenvalue weighted by Gasteiger charge is -2.20. The molecule has 0 spiro atoms. The first-order valence-corrected chi connectivity index (χ1v) is 38.5. The van der Waals surface area contributed by atoms with Crippen LogP contribution in [0.1, 0.15) is 112 Å². The van der Waals surface area contributed by atoms with E-state index in [1.807, 2.05) is 55.1 Å². The number of benzene rings is 4. The molecule has 0 bridgehead atoms. The molecule has 106 heavy (non-hydrogen) atoms. The number of nitrogens with two attached hydrogens (primary N) is 5. The Labute approximate surface area is 629 Å². The van der Waals surface area contributed by atoms with Gasteiger partial charge in [0.15, 0.2) is 49.0 Å². The summed E-state index contributed by atoms with van der Waals surface area (Å²) in [6, 6.07) is 27.7. The molecular weight excluding hydrogens is 1430 g/mol. The summed E-state index contributed by atoms with van der Waals surface area (Å²) in [6.07, 6.45) is 18.3. The van der Waals surface area contributed by atoms with E-state index in [-0.39, 0.29) is 16.8 Å². The third kappa shape index (κ3) is 14.5. The predicted molar refractivity (Wildman–Crippen MR) is 419 cm³/mol. The molecule has 10 N–H and O–H groups in total. The predicted octanol–water partition coefficient (Wildman–Crippen LogP) is 16.5. The minimum atomic E-state index is -2.96. The van der Waals surface area contributed by atoms with E-state index in [0.717, 1.165) is 192 Å². The fraction of sp³-hybridized carbons (Fsp3) is 0.244. The van der Waals surface area contributed by atoms with Crippen LogP contribution in [0, 0.1) is 26.6 Å². The Morgan fingerprint density at radius 3 is 0.962 bits per heavy atom. The van der Waals surface area contributed by atoms with Gasteiger partial charge in [-0.3, -0.25) is 0 Å². The highest BCUT2D eigenvalue weighted by Gasteiger charge is 2.32. The van der Waals surface area contributed by atoms with Gasteiger partial charge in [-0.05, 0) is 136 Å². The molecule has 0 unspecified atom stereocenters. The van der Waals surface area contributed by atoms with Crippen LogP contribution in [0.5, 0.6) is 0 Å². The highest BCUT2D eigenvalue weighted by atomic mass is 32.1. The smallest absolute Gasteiger partial charge is 0.271 e. The van der Waals surface area contributed by atoms with Gasteiger partial charge in [-0.1, -0.05) is 162 Å². The van der Waals surface area contributed by atoms with Crippen LogP contribution in [0.2, 0.25) is 0 Å². The number of thiazole rings is 5. The van der Waals surface area contributed by atoms with Crippen LogP contribution < -0.4 is 28.7 Å². The Bertz CT molecular complexity index is 5570. The summed E-state index contributed by atoms with van der Waals surface area (Å²) in [5.74, 6) is 0.0397. The highest BCUT2D eigenvalue weighted by molar-refractivity contribution is 7.20. The van der Waals surface area contributed by atoms with Gasteiger partial charge in [-0.15, -0.1) is 0 Å². The Kier molecular flexibility index (Phi) is 19.3. The van der Waals surface area contributed by atoms with Crippen LogP contribution in [0.4, 0.5) is 38.8 Å². The van der Waals surface area contributed by atoms with E-state index in [2.05, 4.69) is 119 Å². The van der Waals surface area contributed by atoms with Gasteiger partial charge in [-0.2, -0.15) is 0 Å². The molecule has 20 nitrogen and oxygen atoms in total. The average molecular weight is 1510 g/mol. The molecule has 14 aromatic rings. The maximum atomic E-state index is 13.9. The van der Waals surface area contributed by atoms with Gasteiger partial charge in [0.25, 0.3) is 5.92 Å². The number of nitrogens with zero attached hydrogens (tertiary/aromatic N) is 15. The van der Waals surface area contributed by atoms with Crippen molar-refractivity contribution >= 4 is 82.3 Å². The number of halogens is 3. The number of hydrogen-bond donors (Lipinski definition) is 5. The Balaban J connectivity index is 0.000000106. The van der Waals surface area contributed by atoms with Crippen molar-refractivity contribution < 1.29 is 13.2 Å². The number of fused-ring (bicyclic) bond motifs is 15. The van der Waals surface area contributed by atoms with E-state index in [0.29, 0.717) is 54.0 Å². The summed E-state index contributed by atoms with van der Waals surface area (Å²) in [7, 11) is 0. The SMILES string of the molecule is CC(C)(C)c1ncc2c(n1)-c1sc(N)nc1CC2.CC(F)(F)c1ccccc1-c1ncc2c(n1)-c1sc(N)nc1CC2.Cc1c(F)cccc1-c1ncc2c(n1)-c1sc(N)nc1CC2.Cc1ccccc1-c1ncc2c(n1)-c1sc(N)nc1CC2.Cc1ccccc1-c1ncc2c(n1)-c1sc(N)nc1CC2. The van der Waals surface area contributed by atoms with E-state index in [9.17, 15) is 13.2 Å². The number of anilines is 5. The van der Waals surface area contributed by atoms with Crippen molar-refractivity contribution in [3.63, 3.8) is 0 Å². The molecule has 0 radical (unpaired) electrons. The quantitative estimate of drug-likeness (QED) is 0.107. The molecule has 5 aliphatic rings. The van der Waals surface area contributed by atoms with Crippen LogP contribution in [0.25, 0.3) is 98.4 Å². The van der Waals surface area contributed by atoms with E-state index in [4.69, 9.17) is 43.6 Å². The summed E-state index contributed by atoms with van der Waals surface area (Å²) < 4.78 is 41.6. The van der Waals surface area contributed by atoms with Gasteiger partial charge >= 0.3 is 0 Å². The summed E-state index contributed by atoms with van der Waals surface area (Å²) in [5, 5.41) is 2.91. The van der Waals surface area contributed by atoms with E-state index in [1.165, 1.54) is 96.6 Å². The molecule has 534 valence electrons. The number of nitrogen functional groups attached to an aromatic ring is 5. The van der Waals surface area contributed by atoms with Crippen molar-refractivity contribution in [2.24, 2.45) is 0 Å². The summed E-state index contributed by atoms with van der Waals surface area (Å²) in [6.45, 7) is 13.1. The van der Waals surface area contributed by atoms with Crippen molar-refractivity contribution in [2.75, 3.05) is 28.7 Å². The van der Waals surface area contributed by atoms with Crippen LogP contribution in [0.3, 0.4) is 0 Å². The van der Waals surface area contributed by atoms with Crippen molar-refractivity contribution in [3.8, 4) is 98.4 Å². The zero-order valence-electron chi connectivity index (χ0n) is 58.9. The largest absolute Gasteiger partial charge is 0.375 e. The first-order valence-electron chi connectivity index (χ1n) is 34.4. The van der Waals surface area contributed by atoms with Crippen molar-refractivity contribution in [1.29, 1.82) is 0 Å². The molecule has 0 saturated heterocycles. The Hall–Kier alpha value is -10.8. The molecule has 0 saturated carbocycles. The number of aromatic nitrogens is 15. The van der Waals surface area contributed by atoms with Crippen molar-refractivity contribution in [3.05, 3.63) is 212 Å². The molecule has 28 heteroatoms. The molecule has 0 atom stereocenters. The standard InChI is InChI=1S/C17H14F2N4S.C16H13FN4S.2C16H14N4S.C13H16N4S/c1-17(18,19)11-5-3-2-4-10(11)15-21-8-9-6-7-12-14(13(9)23-15)24-16(20)22-12;1-8-10(3-2-4-11(8)17)15-19-7-9-5-6-12-14(13(9)21-15)22-16(18)20-12;2*1-9-4-2-3-5-11(9)15-18-8-10-6-7-12-14(13(10)20-15)21-16(17)19-12;1-13(2,3)11-15-6-7-4-5-8-10(9(7)17-11)18-12(14)16-8/h2-5,8H,6-7H2,1H3,(H2,20,22);2-4,7H,5-6H2,1H3,(H2,18,20);2*2-5,8H,6-7H2,1H3,(H2,17,19);6H,4-5H2,1-3H3,(H2,14,16). The lowest BCUT2D eigenvalue weighted by Crippen LogP contribution is -2.18. The number of alkyl halides is 2. The Morgan fingerprint density at radius 2 is 0.623 bits per heavy atom. The van der Waals surface area contributed by atoms with Crippen molar-refractivity contribution in [1.82, 2.24) is 74.8 Å². The molecule has 0 fully saturated rings. The zero-order valence-corrected chi connectivity index (χ0v) is 63.0.